The summed E-state index contributed by atoms with van der Waals surface area (Å²) in [5.74, 6) is 0.351. The van der Waals surface area contributed by atoms with E-state index in [1.807, 2.05) is 6.92 Å². The fourth-order valence-corrected chi connectivity index (χ4v) is 2.84. The molecule has 1 saturated heterocycles. The Balaban J connectivity index is 1.78. The van der Waals surface area contributed by atoms with Gasteiger partial charge in [0.1, 0.15) is 18.1 Å². The van der Waals surface area contributed by atoms with Crippen LogP contribution in [-0.2, 0) is 13.8 Å². The third kappa shape index (κ3) is 2.96. The highest BCUT2D eigenvalue weighted by atomic mass is 31.2. The summed E-state index contributed by atoms with van der Waals surface area (Å²) >= 11 is 0. The number of anilines is 1. The first-order valence-corrected chi connectivity index (χ1v) is 8.17. The molecule has 2 aromatic heterocycles. The number of imidazole rings is 1. The molecule has 0 radical (unpaired) electrons. The van der Waals surface area contributed by atoms with Crippen LogP contribution in [-0.4, -0.2) is 42.0 Å². The molecular weight excluding hydrogens is 313 g/mol. The molecule has 0 saturated carbocycles. The molecule has 0 bridgehead atoms. The maximum atomic E-state index is 10.8. The molecule has 0 amide bonds. The van der Waals surface area contributed by atoms with Crippen LogP contribution in [0.4, 0.5) is 5.82 Å². The summed E-state index contributed by atoms with van der Waals surface area (Å²) < 4.78 is 22.9. The van der Waals surface area contributed by atoms with Crippen LogP contribution in [0.1, 0.15) is 19.6 Å². The normalized spacial score (nSPS) is 25.9. The lowest BCUT2D eigenvalue weighted by Crippen LogP contribution is -2.20. The molecule has 120 valence electrons. The van der Waals surface area contributed by atoms with E-state index in [0.29, 0.717) is 17.6 Å². The van der Waals surface area contributed by atoms with Crippen LogP contribution >= 0.6 is 7.82 Å². The van der Waals surface area contributed by atoms with E-state index in [1.165, 1.54) is 6.33 Å². The fourth-order valence-electron chi connectivity index (χ4n) is 2.50. The van der Waals surface area contributed by atoms with Crippen LogP contribution in [0.15, 0.2) is 12.7 Å². The van der Waals surface area contributed by atoms with E-state index in [-0.39, 0.29) is 24.6 Å². The van der Waals surface area contributed by atoms with Gasteiger partial charge in [-0.1, -0.05) is 6.92 Å². The summed E-state index contributed by atoms with van der Waals surface area (Å²) in [6, 6.07) is 0. The number of hydrogen-bond acceptors (Lipinski definition) is 7. The summed E-state index contributed by atoms with van der Waals surface area (Å²) in [6.07, 6.45) is 2.79. The van der Waals surface area contributed by atoms with Crippen molar-refractivity contribution in [2.75, 3.05) is 12.3 Å². The predicted molar refractivity (Wildman–Crippen MR) is 75.4 cm³/mol. The average molecular weight is 329 g/mol. The SMILES string of the molecule is CC1CC(n2cnc3c(N)ncnc32)OC1COP(=O)(O)O. The average Bonchev–Trinajstić information content (AvgIpc) is 3.00. The molecule has 0 aliphatic carbocycles. The first kappa shape index (κ1) is 15.3. The Bertz CT molecular complexity index is 731. The summed E-state index contributed by atoms with van der Waals surface area (Å²) in [6.45, 7) is 1.75. The maximum absolute atomic E-state index is 10.8. The number of ether oxygens (including phenoxy) is 1. The van der Waals surface area contributed by atoms with Crippen LogP contribution in [0, 0.1) is 5.92 Å². The Morgan fingerprint density at radius 3 is 3.00 bits per heavy atom. The Morgan fingerprint density at radius 1 is 1.50 bits per heavy atom. The highest BCUT2D eigenvalue weighted by molar-refractivity contribution is 7.46. The third-order valence-electron chi connectivity index (χ3n) is 3.64. The largest absolute Gasteiger partial charge is 0.469 e. The molecule has 3 atom stereocenters. The summed E-state index contributed by atoms with van der Waals surface area (Å²) in [4.78, 5) is 29.8. The van der Waals surface area contributed by atoms with E-state index in [9.17, 15) is 4.57 Å². The lowest BCUT2D eigenvalue weighted by molar-refractivity contribution is -0.0273. The standard InChI is InChI=1S/C11H16N5O5P/c1-6-2-8(21-7(6)3-20-22(17,18)19)16-5-15-9-10(12)13-4-14-11(9)16/h4-8H,2-3H2,1H3,(H2,12,13,14)(H2,17,18,19). The number of fused-ring (bicyclic) bond motifs is 1. The molecule has 1 aliphatic heterocycles. The van der Waals surface area contributed by atoms with Crippen LogP contribution in [0.25, 0.3) is 11.2 Å². The molecule has 0 aromatic carbocycles. The zero-order chi connectivity index (χ0) is 15.9. The van der Waals surface area contributed by atoms with Crippen molar-refractivity contribution in [3.63, 3.8) is 0 Å². The Labute approximate surface area is 125 Å². The molecule has 3 heterocycles. The molecule has 3 unspecified atom stereocenters. The molecule has 4 N–H and O–H groups in total. The topological polar surface area (TPSA) is 146 Å². The number of nitrogen functional groups attached to an aromatic ring is 1. The van der Waals surface area contributed by atoms with E-state index in [1.54, 1.807) is 10.9 Å². The number of phosphoric ester groups is 1. The quantitative estimate of drug-likeness (QED) is 0.680. The van der Waals surface area contributed by atoms with Gasteiger partial charge >= 0.3 is 7.82 Å². The van der Waals surface area contributed by atoms with Crippen molar-refractivity contribution in [1.82, 2.24) is 19.5 Å². The minimum absolute atomic E-state index is 0.0631. The Morgan fingerprint density at radius 2 is 2.27 bits per heavy atom. The van der Waals surface area contributed by atoms with E-state index >= 15 is 0 Å². The number of hydrogen-bond donors (Lipinski definition) is 3. The van der Waals surface area contributed by atoms with Gasteiger partial charge in [0, 0.05) is 0 Å². The van der Waals surface area contributed by atoms with Crippen LogP contribution in [0.3, 0.4) is 0 Å². The van der Waals surface area contributed by atoms with Gasteiger partial charge in [0.15, 0.2) is 11.5 Å². The molecule has 10 nitrogen and oxygen atoms in total. The smallest absolute Gasteiger partial charge is 0.382 e. The number of phosphoric acid groups is 1. The highest BCUT2D eigenvalue weighted by Gasteiger charge is 2.35. The van der Waals surface area contributed by atoms with Gasteiger partial charge in [-0.2, -0.15) is 0 Å². The molecule has 11 heteroatoms. The number of aromatic nitrogens is 4. The van der Waals surface area contributed by atoms with E-state index < -0.39 is 13.9 Å². The van der Waals surface area contributed by atoms with Crippen molar-refractivity contribution in [2.45, 2.75) is 25.7 Å². The second-order valence-electron chi connectivity index (χ2n) is 5.21. The van der Waals surface area contributed by atoms with Gasteiger partial charge in [0.2, 0.25) is 0 Å². The zero-order valence-electron chi connectivity index (χ0n) is 11.7. The van der Waals surface area contributed by atoms with Crippen LogP contribution in [0.2, 0.25) is 0 Å². The van der Waals surface area contributed by atoms with E-state index in [2.05, 4.69) is 19.5 Å². The minimum atomic E-state index is -4.51. The van der Waals surface area contributed by atoms with Crippen molar-refractivity contribution < 1.29 is 23.6 Å². The summed E-state index contributed by atoms with van der Waals surface area (Å²) in [7, 11) is -4.51. The molecule has 22 heavy (non-hydrogen) atoms. The predicted octanol–water partition coefficient (Wildman–Crippen LogP) is 0.441. The summed E-state index contributed by atoms with van der Waals surface area (Å²) in [5.41, 5.74) is 6.79. The van der Waals surface area contributed by atoms with Gasteiger partial charge in [-0.3, -0.25) is 9.09 Å². The second-order valence-corrected chi connectivity index (χ2v) is 6.45. The van der Waals surface area contributed by atoms with Gasteiger partial charge in [-0.25, -0.2) is 19.5 Å². The van der Waals surface area contributed by atoms with Crippen molar-refractivity contribution in [2.24, 2.45) is 5.92 Å². The van der Waals surface area contributed by atoms with Crippen LogP contribution in [0.5, 0.6) is 0 Å². The van der Waals surface area contributed by atoms with Gasteiger partial charge in [-0.15, -0.1) is 0 Å². The lowest BCUT2D eigenvalue weighted by atomic mass is 10.0. The van der Waals surface area contributed by atoms with Gasteiger partial charge in [-0.05, 0) is 12.3 Å². The molecular formula is C11H16N5O5P. The minimum Gasteiger partial charge on any atom is -0.382 e. The van der Waals surface area contributed by atoms with Gasteiger partial charge in [0.25, 0.3) is 0 Å². The second kappa shape index (κ2) is 5.56. The van der Waals surface area contributed by atoms with Gasteiger partial charge < -0.3 is 20.3 Å². The Hall–Kier alpha value is -1.58. The number of nitrogens with zero attached hydrogens (tertiary/aromatic N) is 4. The maximum Gasteiger partial charge on any atom is 0.469 e. The van der Waals surface area contributed by atoms with E-state index in [4.69, 9.17) is 20.3 Å². The van der Waals surface area contributed by atoms with Gasteiger partial charge in [0.05, 0.1) is 19.0 Å². The summed E-state index contributed by atoms with van der Waals surface area (Å²) in [5, 5.41) is 0. The van der Waals surface area contributed by atoms with Crippen LogP contribution < -0.4 is 5.73 Å². The van der Waals surface area contributed by atoms with Crippen molar-refractivity contribution >= 4 is 24.8 Å². The molecule has 1 aliphatic rings. The fraction of sp³-hybridized carbons (Fsp3) is 0.545. The number of rotatable bonds is 4. The molecule has 0 spiro atoms. The third-order valence-corrected chi connectivity index (χ3v) is 4.13. The molecule has 2 aromatic rings. The monoisotopic (exact) mass is 329 g/mol. The van der Waals surface area contributed by atoms with Crippen molar-refractivity contribution in [3.05, 3.63) is 12.7 Å². The molecule has 3 rings (SSSR count). The van der Waals surface area contributed by atoms with Crippen molar-refractivity contribution in [1.29, 1.82) is 0 Å². The number of nitrogens with two attached hydrogens (primary N) is 1. The highest BCUT2D eigenvalue weighted by Crippen LogP contribution is 2.40. The zero-order valence-corrected chi connectivity index (χ0v) is 12.6. The van der Waals surface area contributed by atoms with Crippen molar-refractivity contribution in [3.8, 4) is 0 Å². The first-order chi connectivity index (χ1) is 10.3. The Kier molecular flexibility index (Phi) is 3.87. The van der Waals surface area contributed by atoms with E-state index in [0.717, 1.165) is 0 Å². The molecule has 1 fully saturated rings. The lowest BCUT2D eigenvalue weighted by Gasteiger charge is -2.16. The first-order valence-electron chi connectivity index (χ1n) is 6.63.